The standard InChI is InChI=1S/C31H35NO7/c1-17(33)38-20-8-9-21-22-12-13-31(3)27(10-11-28(31)39-18(2)34)26(22)14-19(25(21)15-20)16-37-32-29(35)23-6-4-5-7-24(23)30(32)36/h4,6,8-9,15,19,22,26-28H,5,7,10-14,16H2,1-3H3. The first kappa shape index (κ1) is 26.0. The van der Waals surface area contributed by atoms with Crippen LogP contribution >= 0.6 is 0 Å². The van der Waals surface area contributed by atoms with Crippen LogP contribution in [0.1, 0.15) is 88.7 Å². The van der Waals surface area contributed by atoms with E-state index in [1.165, 1.54) is 19.4 Å². The van der Waals surface area contributed by atoms with E-state index in [0.29, 0.717) is 41.1 Å². The molecule has 1 heterocycles. The second kappa shape index (κ2) is 9.73. The number of benzene rings is 1. The van der Waals surface area contributed by atoms with E-state index in [2.05, 4.69) is 13.0 Å². The highest BCUT2D eigenvalue weighted by atomic mass is 16.7. The molecule has 8 heteroatoms. The zero-order valence-electron chi connectivity index (χ0n) is 22.7. The van der Waals surface area contributed by atoms with Crippen LogP contribution in [0.2, 0.25) is 0 Å². The van der Waals surface area contributed by atoms with Gasteiger partial charge in [0.15, 0.2) is 0 Å². The fraction of sp³-hybridized carbons (Fsp3) is 0.548. The number of esters is 2. The summed E-state index contributed by atoms with van der Waals surface area (Å²) in [4.78, 5) is 55.5. The maximum absolute atomic E-state index is 13.0. The average molecular weight is 534 g/mol. The van der Waals surface area contributed by atoms with E-state index in [1.54, 1.807) is 6.08 Å². The van der Waals surface area contributed by atoms with Gasteiger partial charge < -0.3 is 9.47 Å². The predicted octanol–water partition coefficient (Wildman–Crippen LogP) is 4.89. The summed E-state index contributed by atoms with van der Waals surface area (Å²) in [5.41, 5.74) is 3.13. The number of allylic oxidation sites excluding steroid dienone is 1. The quantitative estimate of drug-likeness (QED) is 0.302. The maximum Gasteiger partial charge on any atom is 0.308 e. The lowest BCUT2D eigenvalue weighted by Crippen LogP contribution is -2.46. The largest absolute Gasteiger partial charge is 0.462 e. The summed E-state index contributed by atoms with van der Waals surface area (Å²) in [7, 11) is 0. The van der Waals surface area contributed by atoms with Gasteiger partial charge in [-0.25, -0.2) is 0 Å². The third-order valence-corrected chi connectivity index (χ3v) is 9.81. The highest BCUT2D eigenvalue weighted by molar-refractivity contribution is 6.20. The Balaban J connectivity index is 1.29. The maximum atomic E-state index is 13.0. The predicted molar refractivity (Wildman–Crippen MR) is 140 cm³/mol. The summed E-state index contributed by atoms with van der Waals surface area (Å²) < 4.78 is 11.2. The molecule has 6 rings (SSSR count). The van der Waals surface area contributed by atoms with Crippen LogP contribution in [0.4, 0.5) is 0 Å². The van der Waals surface area contributed by atoms with Gasteiger partial charge in [-0.3, -0.25) is 24.0 Å². The minimum atomic E-state index is -0.404. The van der Waals surface area contributed by atoms with E-state index in [4.69, 9.17) is 14.3 Å². The number of carbonyl (C=O) groups excluding carboxylic acids is 4. The Morgan fingerprint density at radius 1 is 1.05 bits per heavy atom. The smallest absolute Gasteiger partial charge is 0.308 e. The van der Waals surface area contributed by atoms with Gasteiger partial charge in [0.1, 0.15) is 11.9 Å². The molecule has 39 heavy (non-hydrogen) atoms. The van der Waals surface area contributed by atoms with Crippen molar-refractivity contribution in [2.24, 2.45) is 17.3 Å². The monoisotopic (exact) mass is 533 g/mol. The Hall–Kier alpha value is -3.26. The zero-order chi connectivity index (χ0) is 27.5. The Morgan fingerprint density at radius 3 is 2.62 bits per heavy atom. The van der Waals surface area contributed by atoms with Crippen molar-refractivity contribution in [3.63, 3.8) is 0 Å². The van der Waals surface area contributed by atoms with E-state index >= 15 is 0 Å². The van der Waals surface area contributed by atoms with Crippen molar-refractivity contribution in [2.75, 3.05) is 6.61 Å². The van der Waals surface area contributed by atoms with Crippen LogP contribution in [0.5, 0.6) is 5.75 Å². The van der Waals surface area contributed by atoms with Gasteiger partial charge in [-0.2, -0.15) is 0 Å². The van der Waals surface area contributed by atoms with Crippen LogP contribution in [0, 0.1) is 17.3 Å². The van der Waals surface area contributed by atoms with E-state index in [-0.39, 0.29) is 41.9 Å². The van der Waals surface area contributed by atoms with Crippen LogP contribution in [-0.4, -0.2) is 41.5 Å². The van der Waals surface area contributed by atoms with Gasteiger partial charge in [0, 0.05) is 30.8 Å². The topological polar surface area (TPSA) is 99.2 Å². The minimum Gasteiger partial charge on any atom is -0.462 e. The van der Waals surface area contributed by atoms with Crippen molar-refractivity contribution >= 4 is 23.8 Å². The number of amides is 2. The van der Waals surface area contributed by atoms with Gasteiger partial charge in [-0.05, 0) is 86.0 Å². The molecule has 206 valence electrons. The first-order valence-corrected chi connectivity index (χ1v) is 14.1. The number of fused-ring (bicyclic) bond motifs is 5. The first-order valence-electron chi connectivity index (χ1n) is 14.1. The van der Waals surface area contributed by atoms with Crippen molar-refractivity contribution in [3.8, 4) is 5.75 Å². The van der Waals surface area contributed by atoms with E-state index in [0.717, 1.165) is 49.2 Å². The molecule has 1 aliphatic heterocycles. The lowest BCUT2D eigenvalue weighted by atomic mass is 9.54. The normalized spacial score (nSPS) is 32.9. The highest BCUT2D eigenvalue weighted by Gasteiger charge is 2.57. The molecule has 5 aliphatic rings. The third kappa shape index (κ3) is 4.33. The molecule has 2 fully saturated rings. The van der Waals surface area contributed by atoms with Crippen molar-refractivity contribution in [1.29, 1.82) is 0 Å². The summed E-state index contributed by atoms with van der Waals surface area (Å²) in [6, 6.07) is 5.84. The molecule has 8 nitrogen and oxygen atoms in total. The second-order valence-electron chi connectivity index (χ2n) is 11.9. The highest BCUT2D eigenvalue weighted by Crippen LogP contribution is 2.63. The van der Waals surface area contributed by atoms with Gasteiger partial charge in [0.2, 0.25) is 0 Å². The number of hydrogen-bond donors (Lipinski definition) is 0. The summed E-state index contributed by atoms with van der Waals surface area (Å²) in [5, 5.41) is 0.930. The molecule has 0 bridgehead atoms. The molecule has 2 saturated carbocycles. The number of rotatable bonds is 5. The number of imide groups is 1. The average Bonchev–Trinajstić information content (AvgIpc) is 3.35. The fourth-order valence-electron chi connectivity index (χ4n) is 8.13. The number of hydroxylamine groups is 2. The summed E-state index contributed by atoms with van der Waals surface area (Å²) in [5.74, 6) is 0.0794. The van der Waals surface area contributed by atoms with Crippen molar-refractivity contribution in [2.45, 2.75) is 83.7 Å². The van der Waals surface area contributed by atoms with E-state index < -0.39 is 5.91 Å². The molecule has 4 aliphatic carbocycles. The molecular formula is C31H35NO7. The van der Waals surface area contributed by atoms with Gasteiger partial charge in [-0.1, -0.05) is 25.1 Å². The van der Waals surface area contributed by atoms with Crippen molar-refractivity contribution < 1.29 is 33.5 Å². The van der Waals surface area contributed by atoms with Crippen LogP contribution < -0.4 is 4.74 Å². The molecule has 1 aromatic rings. The molecule has 6 unspecified atom stereocenters. The molecule has 0 radical (unpaired) electrons. The van der Waals surface area contributed by atoms with Gasteiger partial charge in [0.05, 0.1) is 12.2 Å². The molecule has 6 atom stereocenters. The number of carbonyl (C=O) groups is 4. The van der Waals surface area contributed by atoms with Crippen molar-refractivity contribution in [3.05, 3.63) is 52.6 Å². The molecule has 0 N–H and O–H groups in total. The second-order valence-corrected chi connectivity index (χ2v) is 11.9. The minimum absolute atomic E-state index is 0.0753. The summed E-state index contributed by atoms with van der Waals surface area (Å²) in [6.07, 6.45) is 9.47. The Morgan fingerprint density at radius 2 is 1.87 bits per heavy atom. The molecular weight excluding hydrogens is 498 g/mol. The van der Waals surface area contributed by atoms with Gasteiger partial charge in [0.25, 0.3) is 11.8 Å². The zero-order valence-corrected chi connectivity index (χ0v) is 22.7. The lowest BCUT2D eigenvalue weighted by Gasteiger charge is -2.51. The van der Waals surface area contributed by atoms with E-state index in [9.17, 15) is 19.2 Å². The SMILES string of the molecule is CC(=O)Oc1ccc2c(c1)C(CON1C(=O)C3=C(CCC=C3)C1=O)CC1C2CCC2(C)C(OC(C)=O)CCC12. The lowest BCUT2D eigenvalue weighted by molar-refractivity contribution is -0.188. The molecule has 0 aromatic heterocycles. The van der Waals surface area contributed by atoms with Gasteiger partial charge >= 0.3 is 11.9 Å². The third-order valence-electron chi connectivity index (χ3n) is 9.81. The number of hydrogen-bond acceptors (Lipinski definition) is 7. The molecule has 2 amide bonds. The first-order chi connectivity index (χ1) is 18.7. The Bertz CT molecular complexity index is 1310. The number of ether oxygens (including phenoxy) is 2. The molecule has 0 saturated heterocycles. The van der Waals surface area contributed by atoms with Crippen molar-refractivity contribution in [1.82, 2.24) is 5.06 Å². The molecule has 0 spiro atoms. The Labute approximate surface area is 228 Å². The summed E-state index contributed by atoms with van der Waals surface area (Å²) in [6.45, 7) is 5.30. The van der Waals surface area contributed by atoms with E-state index in [1.807, 2.05) is 18.2 Å². The molecule has 1 aromatic carbocycles. The van der Waals surface area contributed by atoms with Gasteiger partial charge in [-0.15, -0.1) is 5.06 Å². The summed E-state index contributed by atoms with van der Waals surface area (Å²) >= 11 is 0. The van der Waals surface area contributed by atoms with Crippen LogP contribution in [0.3, 0.4) is 0 Å². The Kier molecular flexibility index (Phi) is 6.49. The van der Waals surface area contributed by atoms with Crippen LogP contribution in [0.15, 0.2) is 41.5 Å². The number of nitrogens with zero attached hydrogens (tertiary/aromatic N) is 1. The van der Waals surface area contributed by atoms with Crippen LogP contribution in [0.25, 0.3) is 0 Å². The van der Waals surface area contributed by atoms with Crippen LogP contribution in [-0.2, 0) is 28.8 Å². The fourth-order valence-corrected chi connectivity index (χ4v) is 8.13.